The SMILES string of the molecule is CN1C(C(=O)O)=CSC1=C(C#N)c1ccnc(NCCCN2CCCC2=O)n1. The standard InChI is InChI=1S/C18H20N6O3S/c1-23-14(17(26)27)11-28-16(23)12(10-19)13-5-7-21-18(22-13)20-6-3-9-24-8-2-4-15(24)25/h5,7,11H,2-4,6,8-9H2,1H3,(H,26,27)(H,20,21,22). The molecule has 0 bridgehead atoms. The number of allylic oxidation sites excluding steroid dienone is 1. The Morgan fingerprint density at radius 1 is 1.50 bits per heavy atom. The quantitative estimate of drug-likeness (QED) is 0.520. The third kappa shape index (κ3) is 4.26. The predicted molar refractivity (Wildman–Crippen MR) is 105 cm³/mol. The molecule has 0 unspecified atom stereocenters. The van der Waals surface area contributed by atoms with Crippen LogP contribution in [-0.2, 0) is 9.59 Å². The molecular weight excluding hydrogens is 380 g/mol. The zero-order chi connectivity index (χ0) is 20.1. The summed E-state index contributed by atoms with van der Waals surface area (Å²) in [4.78, 5) is 34.7. The van der Waals surface area contributed by atoms with E-state index in [1.165, 1.54) is 22.1 Å². The molecule has 2 aliphatic heterocycles. The van der Waals surface area contributed by atoms with Crippen molar-refractivity contribution in [3.63, 3.8) is 0 Å². The minimum absolute atomic E-state index is 0.108. The van der Waals surface area contributed by atoms with Gasteiger partial charge in [-0.25, -0.2) is 14.8 Å². The molecule has 0 atom stereocenters. The van der Waals surface area contributed by atoms with Crippen LogP contribution < -0.4 is 5.32 Å². The molecule has 0 radical (unpaired) electrons. The first kappa shape index (κ1) is 19.7. The van der Waals surface area contributed by atoms with Crippen LogP contribution in [-0.4, -0.2) is 63.4 Å². The summed E-state index contributed by atoms with van der Waals surface area (Å²) in [5, 5.41) is 23.9. The summed E-state index contributed by atoms with van der Waals surface area (Å²) in [5.41, 5.74) is 0.814. The predicted octanol–water partition coefficient (Wildman–Crippen LogP) is 1.70. The van der Waals surface area contributed by atoms with Crippen LogP contribution in [0.15, 0.2) is 28.4 Å². The van der Waals surface area contributed by atoms with E-state index in [0.717, 1.165) is 19.4 Å². The van der Waals surface area contributed by atoms with Gasteiger partial charge in [0.2, 0.25) is 11.9 Å². The van der Waals surface area contributed by atoms with Crippen LogP contribution in [0.1, 0.15) is 25.0 Å². The van der Waals surface area contributed by atoms with Gasteiger partial charge in [0, 0.05) is 44.7 Å². The number of anilines is 1. The Bertz CT molecular complexity index is 892. The van der Waals surface area contributed by atoms with Crippen molar-refractivity contribution in [2.75, 3.05) is 32.0 Å². The maximum absolute atomic E-state index is 11.6. The van der Waals surface area contributed by atoms with E-state index in [9.17, 15) is 20.0 Å². The number of likely N-dealkylation sites (tertiary alicyclic amines) is 1. The highest BCUT2D eigenvalue weighted by Crippen LogP contribution is 2.37. The van der Waals surface area contributed by atoms with Crippen molar-refractivity contribution in [3.8, 4) is 6.07 Å². The molecule has 1 aromatic rings. The number of rotatable bonds is 7. The molecule has 2 aliphatic rings. The molecule has 1 fully saturated rings. The number of nitrogens with one attached hydrogen (secondary N) is 1. The third-order valence-corrected chi connectivity index (χ3v) is 5.51. The lowest BCUT2D eigenvalue weighted by Crippen LogP contribution is -2.27. The second-order valence-electron chi connectivity index (χ2n) is 6.31. The summed E-state index contributed by atoms with van der Waals surface area (Å²) in [6, 6.07) is 3.73. The van der Waals surface area contributed by atoms with Gasteiger partial charge >= 0.3 is 5.97 Å². The molecule has 2 N–H and O–H groups in total. The number of nitrogens with zero attached hydrogens (tertiary/aromatic N) is 5. The normalized spacial score (nSPS) is 18.1. The van der Waals surface area contributed by atoms with Crippen molar-refractivity contribution in [3.05, 3.63) is 34.1 Å². The van der Waals surface area contributed by atoms with Crippen LogP contribution in [0, 0.1) is 11.3 Å². The number of nitriles is 1. The third-order valence-electron chi connectivity index (χ3n) is 4.46. The molecule has 0 saturated carbocycles. The molecule has 9 nitrogen and oxygen atoms in total. The molecule has 0 spiro atoms. The van der Waals surface area contributed by atoms with Crippen molar-refractivity contribution in [2.45, 2.75) is 19.3 Å². The molecule has 1 saturated heterocycles. The van der Waals surface area contributed by atoms with Gasteiger partial charge in [-0.1, -0.05) is 11.8 Å². The van der Waals surface area contributed by atoms with Crippen molar-refractivity contribution in [1.29, 1.82) is 5.26 Å². The van der Waals surface area contributed by atoms with Crippen LogP contribution in [0.25, 0.3) is 5.57 Å². The molecule has 146 valence electrons. The van der Waals surface area contributed by atoms with Crippen molar-refractivity contribution in [2.24, 2.45) is 0 Å². The van der Waals surface area contributed by atoms with Crippen LogP contribution >= 0.6 is 11.8 Å². The molecular formula is C18H20N6O3S. The number of carbonyl (C=O) groups is 2. The van der Waals surface area contributed by atoms with E-state index in [0.29, 0.717) is 36.2 Å². The van der Waals surface area contributed by atoms with Crippen LogP contribution in [0.2, 0.25) is 0 Å². The summed E-state index contributed by atoms with van der Waals surface area (Å²) in [6.07, 6.45) is 3.89. The zero-order valence-electron chi connectivity index (χ0n) is 15.4. The van der Waals surface area contributed by atoms with Crippen molar-refractivity contribution < 1.29 is 14.7 Å². The Morgan fingerprint density at radius 2 is 2.32 bits per heavy atom. The smallest absolute Gasteiger partial charge is 0.353 e. The number of thioether (sulfide) groups is 1. The van der Waals surface area contributed by atoms with Gasteiger partial charge < -0.3 is 20.2 Å². The molecule has 0 aromatic carbocycles. The van der Waals surface area contributed by atoms with Crippen LogP contribution in [0.4, 0.5) is 5.95 Å². The number of carboxylic acids is 1. The lowest BCUT2D eigenvalue weighted by molar-refractivity contribution is -0.134. The number of hydrogen-bond acceptors (Lipinski definition) is 8. The first-order valence-electron chi connectivity index (χ1n) is 8.84. The Hall–Kier alpha value is -3.06. The fourth-order valence-corrected chi connectivity index (χ4v) is 4.01. The molecule has 3 rings (SSSR count). The Labute approximate surface area is 166 Å². The van der Waals surface area contributed by atoms with E-state index in [1.807, 2.05) is 4.90 Å². The summed E-state index contributed by atoms with van der Waals surface area (Å²) in [6.45, 7) is 2.12. The second-order valence-corrected chi connectivity index (χ2v) is 7.17. The average molecular weight is 400 g/mol. The lowest BCUT2D eigenvalue weighted by Gasteiger charge is -2.16. The minimum atomic E-state index is -1.05. The number of amides is 1. The number of likely N-dealkylation sites (N-methyl/N-ethyl adjacent to an activating group) is 1. The van der Waals surface area contributed by atoms with Gasteiger partial charge in [0.1, 0.15) is 17.3 Å². The van der Waals surface area contributed by atoms with Gasteiger partial charge in [-0.2, -0.15) is 5.26 Å². The van der Waals surface area contributed by atoms with Gasteiger partial charge in [-0.05, 0) is 18.9 Å². The Kier molecular flexibility index (Phi) is 6.16. The largest absolute Gasteiger partial charge is 0.477 e. The highest BCUT2D eigenvalue weighted by atomic mass is 32.2. The van der Waals surface area contributed by atoms with Gasteiger partial charge in [0.05, 0.1) is 10.7 Å². The monoisotopic (exact) mass is 400 g/mol. The summed E-state index contributed by atoms with van der Waals surface area (Å²) in [5.74, 6) is -0.462. The van der Waals surface area contributed by atoms with E-state index in [4.69, 9.17) is 0 Å². The molecule has 1 amide bonds. The Morgan fingerprint density at radius 3 is 2.96 bits per heavy atom. The Balaban J connectivity index is 1.65. The zero-order valence-corrected chi connectivity index (χ0v) is 16.2. The van der Waals surface area contributed by atoms with Crippen molar-refractivity contribution in [1.82, 2.24) is 19.8 Å². The van der Waals surface area contributed by atoms with Gasteiger partial charge in [-0.15, -0.1) is 0 Å². The fourth-order valence-electron chi connectivity index (χ4n) is 3.01. The molecule has 28 heavy (non-hydrogen) atoms. The van der Waals surface area contributed by atoms with Crippen molar-refractivity contribution >= 4 is 35.2 Å². The number of carboxylic acid groups (broad SMARTS) is 1. The number of carbonyl (C=O) groups excluding carboxylic acids is 1. The van der Waals surface area contributed by atoms with Gasteiger partial charge in [-0.3, -0.25) is 4.79 Å². The van der Waals surface area contributed by atoms with E-state index < -0.39 is 5.97 Å². The van der Waals surface area contributed by atoms with Gasteiger partial charge in [0.15, 0.2) is 0 Å². The summed E-state index contributed by atoms with van der Waals surface area (Å²) in [7, 11) is 1.60. The maximum atomic E-state index is 11.6. The highest BCUT2D eigenvalue weighted by Gasteiger charge is 2.27. The summed E-state index contributed by atoms with van der Waals surface area (Å²) >= 11 is 1.18. The average Bonchev–Trinajstić information content (AvgIpc) is 3.26. The lowest BCUT2D eigenvalue weighted by atomic mass is 10.2. The van der Waals surface area contributed by atoms with E-state index in [-0.39, 0.29) is 17.2 Å². The maximum Gasteiger partial charge on any atom is 0.353 e. The molecule has 0 aliphatic carbocycles. The number of hydrogen-bond donors (Lipinski definition) is 2. The molecule has 3 heterocycles. The van der Waals surface area contributed by atoms with Crippen LogP contribution in [0.5, 0.6) is 0 Å². The molecule has 1 aromatic heterocycles. The van der Waals surface area contributed by atoms with Gasteiger partial charge in [0.25, 0.3) is 0 Å². The van der Waals surface area contributed by atoms with E-state index in [2.05, 4.69) is 21.4 Å². The number of aromatic nitrogens is 2. The first-order chi connectivity index (χ1) is 13.5. The summed E-state index contributed by atoms with van der Waals surface area (Å²) < 4.78 is 0. The second kappa shape index (κ2) is 8.75. The van der Waals surface area contributed by atoms with E-state index >= 15 is 0 Å². The number of aliphatic carboxylic acids is 1. The topological polar surface area (TPSA) is 122 Å². The van der Waals surface area contributed by atoms with E-state index in [1.54, 1.807) is 19.3 Å². The van der Waals surface area contributed by atoms with Crippen LogP contribution in [0.3, 0.4) is 0 Å². The highest BCUT2D eigenvalue weighted by molar-refractivity contribution is 8.06. The minimum Gasteiger partial charge on any atom is -0.477 e. The molecule has 10 heteroatoms. The fraction of sp³-hybridized carbons (Fsp3) is 0.389. The first-order valence-corrected chi connectivity index (χ1v) is 9.72.